The van der Waals surface area contributed by atoms with Crippen molar-refractivity contribution in [1.29, 1.82) is 0 Å². The normalized spacial score (nSPS) is 13.1. The first-order valence-corrected chi connectivity index (χ1v) is 7.56. The predicted octanol–water partition coefficient (Wildman–Crippen LogP) is 4.07. The second-order valence-corrected chi connectivity index (χ2v) is 5.98. The molecular formula is C17H15BrO3. The van der Waals surface area contributed by atoms with Crippen LogP contribution >= 0.6 is 15.9 Å². The quantitative estimate of drug-likeness (QED) is 0.769. The lowest BCUT2D eigenvalue weighted by molar-refractivity contribution is 0.103. The van der Waals surface area contributed by atoms with Crippen LogP contribution in [0.1, 0.15) is 27.0 Å². The third kappa shape index (κ3) is 2.68. The SMILES string of the molecule is Cc1ccc(C)c(C(=O)c2cc3c(cc2Br)OCCO3)c1. The Morgan fingerprint density at radius 2 is 1.67 bits per heavy atom. The van der Waals surface area contributed by atoms with Gasteiger partial charge in [-0.1, -0.05) is 17.7 Å². The Morgan fingerprint density at radius 1 is 1.00 bits per heavy atom. The largest absolute Gasteiger partial charge is 0.486 e. The number of benzene rings is 2. The summed E-state index contributed by atoms with van der Waals surface area (Å²) in [6.07, 6.45) is 0. The van der Waals surface area contributed by atoms with Crippen molar-refractivity contribution in [3.05, 3.63) is 57.1 Å². The van der Waals surface area contributed by atoms with E-state index < -0.39 is 0 Å². The Bertz CT molecular complexity index is 722. The van der Waals surface area contributed by atoms with E-state index in [-0.39, 0.29) is 5.78 Å². The van der Waals surface area contributed by atoms with E-state index >= 15 is 0 Å². The van der Waals surface area contributed by atoms with Gasteiger partial charge in [-0.3, -0.25) is 4.79 Å². The lowest BCUT2D eigenvalue weighted by atomic mass is 9.97. The van der Waals surface area contributed by atoms with Crippen LogP contribution in [-0.2, 0) is 0 Å². The molecule has 1 heterocycles. The van der Waals surface area contributed by atoms with Crippen molar-refractivity contribution in [2.45, 2.75) is 13.8 Å². The number of aryl methyl sites for hydroxylation is 2. The molecule has 0 amide bonds. The minimum absolute atomic E-state index is 0.0138. The highest BCUT2D eigenvalue weighted by Gasteiger charge is 2.20. The van der Waals surface area contributed by atoms with Gasteiger partial charge in [-0.2, -0.15) is 0 Å². The average Bonchev–Trinajstić information content (AvgIpc) is 2.48. The number of ketones is 1. The van der Waals surface area contributed by atoms with Crippen LogP contribution in [0.25, 0.3) is 0 Å². The third-order valence-electron chi connectivity index (χ3n) is 3.51. The molecule has 0 N–H and O–H groups in total. The van der Waals surface area contributed by atoms with Crippen LogP contribution in [0.2, 0.25) is 0 Å². The van der Waals surface area contributed by atoms with E-state index in [2.05, 4.69) is 15.9 Å². The summed E-state index contributed by atoms with van der Waals surface area (Å²) in [4.78, 5) is 12.8. The van der Waals surface area contributed by atoms with E-state index in [0.29, 0.717) is 35.8 Å². The van der Waals surface area contributed by atoms with Gasteiger partial charge in [-0.25, -0.2) is 0 Å². The maximum absolute atomic E-state index is 12.8. The molecule has 0 aromatic heterocycles. The lowest BCUT2D eigenvalue weighted by Crippen LogP contribution is -2.16. The van der Waals surface area contributed by atoms with Crippen molar-refractivity contribution in [3.8, 4) is 11.5 Å². The zero-order valence-electron chi connectivity index (χ0n) is 11.9. The molecule has 0 fully saturated rings. The van der Waals surface area contributed by atoms with Crippen molar-refractivity contribution in [2.24, 2.45) is 0 Å². The van der Waals surface area contributed by atoms with Gasteiger partial charge in [0.25, 0.3) is 0 Å². The summed E-state index contributed by atoms with van der Waals surface area (Å²) in [5.41, 5.74) is 3.34. The highest BCUT2D eigenvalue weighted by Crippen LogP contribution is 2.36. The van der Waals surface area contributed by atoms with Crippen LogP contribution in [-0.4, -0.2) is 19.0 Å². The Balaban J connectivity index is 2.07. The van der Waals surface area contributed by atoms with E-state index in [1.54, 1.807) is 12.1 Å². The molecule has 108 valence electrons. The zero-order chi connectivity index (χ0) is 15.0. The van der Waals surface area contributed by atoms with Crippen molar-refractivity contribution >= 4 is 21.7 Å². The molecule has 21 heavy (non-hydrogen) atoms. The molecule has 0 aliphatic carbocycles. The second kappa shape index (κ2) is 5.53. The van der Waals surface area contributed by atoms with E-state index in [1.807, 2.05) is 32.0 Å². The first kappa shape index (κ1) is 14.1. The smallest absolute Gasteiger partial charge is 0.194 e. The van der Waals surface area contributed by atoms with Gasteiger partial charge in [0.1, 0.15) is 13.2 Å². The number of carbonyl (C=O) groups excluding carboxylic acids is 1. The molecule has 1 aliphatic heterocycles. The number of ether oxygens (including phenoxy) is 2. The van der Waals surface area contributed by atoms with E-state index in [9.17, 15) is 4.79 Å². The van der Waals surface area contributed by atoms with Gasteiger partial charge in [0.05, 0.1) is 0 Å². The number of fused-ring (bicyclic) bond motifs is 1. The van der Waals surface area contributed by atoms with Gasteiger partial charge < -0.3 is 9.47 Å². The first-order chi connectivity index (χ1) is 10.1. The van der Waals surface area contributed by atoms with Crippen molar-refractivity contribution < 1.29 is 14.3 Å². The summed E-state index contributed by atoms with van der Waals surface area (Å²) in [5, 5.41) is 0. The topological polar surface area (TPSA) is 35.5 Å². The summed E-state index contributed by atoms with van der Waals surface area (Å²) in [6.45, 7) is 4.96. The Morgan fingerprint density at radius 3 is 2.38 bits per heavy atom. The minimum atomic E-state index is -0.0138. The van der Waals surface area contributed by atoms with Crippen LogP contribution in [0.5, 0.6) is 11.5 Å². The Kier molecular flexibility index (Phi) is 3.72. The van der Waals surface area contributed by atoms with E-state index in [4.69, 9.17) is 9.47 Å². The second-order valence-electron chi connectivity index (χ2n) is 5.12. The fourth-order valence-electron chi connectivity index (χ4n) is 2.36. The molecule has 0 radical (unpaired) electrons. The number of halogens is 1. The molecule has 1 aliphatic rings. The summed E-state index contributed by atoms with van der Waals surface area (Å²) < 4.78 is 11.8. The zero-order valence-corrected chi connectivity index (χ0v) is 13.5. The maximum Gasteiger partial charge on any atom is 0.194 e. The lowest BCUT2D eigenvalue weighted by Gasteiger charge is -2.19. The van der Waals surface area contributed by atoms with Crippen LogP contribution in [0.3, 0.4) is 0 Å². The standard InChI is InChI=1S/C17H15BrO3/c1-10-3-4-11(2)12(7-10)17(19)13-8-15-16(9-14(13)18)21-6-5-20-15/h3-4,7-9H,5-6H2,1-2H3. The molecule has 3 nitrogen and oxygen atoms in total. The monoisotopic (exact) mass is 346 g/mol. The van der Waals surface area contributed by atoms with Gasteiger partial charge in [0, 0.05) is 15.6 Å². The molecule has 0 saturated heterocycles. The number of rotatable bonds is 2. The Labute approximate surface area is 132 Å². The molecule has 0 saturated carbocycles. The molecule has 0 bridgehead atoms. The van der Waals surface area contributed by atoms with Crippen LogP contribution in [0.4, 0.5) is 0 Å². The van der Waals surface area contributed by atoms with Crippen molar-refractivity contribution in [2.75, 3.05) is 13.2 Å². The van der Waals surface area contributed by atoms with Crippen molar-refractivity contribution in [1.82, 2.24) is 0 Å². The summed E-state index contributed by atoms with van der Waals surface area (Å²) in [5.74, 6) is 1.28. The van der Waals surface area contributed by atoms with Crippen molar-refractivity contribution in [3.63, 3.8) is 0 Å². The first-order valence-electron chi connectivity index (χ1n) is 6.77. The molecular weight excluding hydrogens is 332 g/mol. The van der Waals surface area contributed by atoms with Gasteiger partial charge in [0.2, 0.25) is 0 Å². The number of hydrogen-bond donors (Lipinski definition) is 0. The number of carbonyl (C=O) groups is 1. The van der Waals surface area contributed by atoms with Gasteiger partial charge in [0.15, 0.2) is 17.3 Å². The highest BCUT2D eigenvalue weighted by atomic mass is 79.9. The van der Waals surface area contributed by atoms with Crippen LogP contribution < -0.4 is 9.47 Å². The minimum Gasteiger partial charge on any atom is -0.486 e. The average molecular weight is 347 g/mol. The van der Waals surface area contributed by atoms with Gasteiger partial charge in [-0.05, 0) is 53.5 Å². The van der Waals surface area contributed by atoms with Crippen LogP contribution in [0.15, 0.2) is 34.8 Å². The van der Waals surface area contributed by atoms with Crippen LogP contribution in [0, 0.1) is 13.8 Å². The fraction of sp³-hybridized carbons (Fsp3) is 0.235. The summed E-state index contributed by atoms with van der Waals surface area (Å²) >= 11 is 3.46. The van der Waals surface area contributed by atoms with Gasteiger partial charge in [-0.15, -0.1) is 0 Å². The molecule has 0 unspecified atom stereocenters. The van der Waals surface area contributed by atoms with E-state index in [0.717, 1.165) is 15.6 Å². The molecule has 0 spiro atoms. The molecule has 0 atom stereocenters. The van der Waals surface area contributed by atoms with Gasteiger partial charge >= 0.3 is 0 Å². The molecule has 2 aromatic carbocycles. The molecule has 4 heteroatoms. The molecule has 2 aromatic rings. The number of hydrogen-bond acceptors (Lipinski definition) is 3. The predicted molar refractivity (Wildman–Crippen MR) is 84.5 cm³/mol. The summed E-state index contributed by atoms with van der Waals surface area (Å²) in [6, 6.07) is 9.44. The third-order valence-corrected chi connectivity index (χ3v) is 4.17. The van der Waals surface area contributed by atoms with E-state index in [1.165, 1.54) is 0 Å². The Hall–Kier alpha value is -1.81. The highest BCUT2D eigenvalue weighted by molar-refractivity contribution is 9.10. The molecule has 3 rings (SSSR count). The maximum atomic E-state index is 12.8. The summed E-state index contributed by atoms with van der Waals surface area (Å²) in [7, 11) is 0. The fourth-order valence-corrected chi connectivity index (χ4v) is 2.87.